The van der Waals surface area contributed by atoms with Crippen molar-refractivity contribution in [3.05, 3.63) is 29.3 Å². The quantitative estimate of drug-likeness (QED) is 0.729. The van der Waals surface area contributed by atoms with E-state index in [-0.39, 0.29) is 17.6 Å². The van der Waals surface area contributed by atoms with Gasteiger partial charge in [0.1, 0.15) is 0 Å². The van der Waals surface area contributed by atoms with Crippen molar-refractivity contribution in [3.8, 4) is 0 Å². The molecule has 7 heteroatoms. The van der Waals surface area contributed by atoms with Gasteiger partial charge >= 0.3 is 0 Å². The van der Waals surface area contributed by atoms with Gasteiger partial charge in [0.15, 0.2) is 11.6 Å². The smallest absolute Gasteiger partial charge is 0.249 e. The molecule has 0 bridgehead atoms. The summed E-state index contributed by atoms with van der Waals surface area (Å²) in [6.07, 6.45) is 0. The number of aromatic nitrogens is 3. The molecule has 0 unspecified atom stereocenters. The first-order valence-corrected chi connectivity index (χ1v) is 4.81. The molecule has 0 fully saturated rings. The summed E-state index contributed by atoms with van der Waals surface area (Å²) in [5.41, 5.74) is 11.6. The molecule has 2 aromatic rings. The fourth-order valence-corrected chi connectivity index (χ4v) is 1.28. The summed E-state index contributed by atoms with van der Waals surface area (Å²) in [7, 11) is 0. The molecule has 1 aromatic heterocycles. The molecule has 16 heavy (non-hydrogen) atoms. The Morgan fingerprint density at radius 1 is 1.12 bits per heavy atom. The van der Waals surface area contributed by atoms with Gasteiger partial charge in [-0.05, 0) is 18.2 Å². The highest BCUT2D eigenvalue weighted by atomic mass is 35.5. The molecule has 0 spiro atoms. The van der Waals surface area contributed by atoms with Crippen molar-refractivity contribution >= 4 is 34.9 Å². The SMILES string of the molecule is Nc1nnc(Nc2cccc(Cl)c2)nc1N. The van der Waals surface area contributed by atoms with E-state index < -0.39 is 0 Å². The van der Waals surface area contributed by atoms with Gasteiger partial charge in [-0.15, -0.1) is 10.2 Å². The third-order valence-electron chi connectivity index (χ3n) is 1.82. The van der Waals surface area contributed by atoms with E-state index in [9.17, 15) is 0 Å². The standard InChI is InChI=1S/C9H9ClN6/c10-5-2-1-3-6(4-5)13-9-14-7(11)8(12)15-16-9/h1-4H,(H2,12,15)(H3,11,13,14,16). The summed E-state index contributed by atoms with van der Waals surface area (Å²) < 4.78 is 0. The summed E-state index contributed by atoms with van der Waals surface area (Å²) >= 11 is 5.83. The minimum atomic E-state index is 0.108. The largest absolute Gasteiger partial charge is 0.380 e. The maximum Gasteiger partial charge on any atom is 0.249 e. The molecular formula is C9H9ClN6. The fraction of sp³-hybridized carbons (Fsp3) is 0. The molecule has 2 rings (SSSR count). The molecule has 82 valence electrons. The third-order valence-corrected chi connectivity index (χ3v) is 2.06. The van der Waals surface area contributed by atoms with Crippen LogP contribution < -0.4 is 16.8 Å². The second kappa shape index (κ2) is 4.19. The summed E-state index contributed by atoms with van der Waals surface area (Å²) in [4.78, 5) is 3.92. The maximum absolute atomic E-state index is 5.83. The van der Waals surface area contributed by atoms with E-state index in [0.29, 0.717) is 5.02 Å². The second-order valence-electron chi connectivity index (χ2n) is 3.04. The molecule has 1 aromatic carbocycles. The van der Waals surface area contributed by atoms with E-state index >= 15 is 0 Å². The van der Waals surface area contributed by atoms with E-state index in [4.69, 9.17) is 23.1 Å². The first-order valence-electron chi connectivity index (χ1n) is 4.43. The van der Waals surface area contributed by atoms with Crippen LogP contribution in [-0.4, -0.2) is 15.2 Å². The van der Waals surface area contributed by atoms with Crippen LogP contribution in [0.5, 0.6) is 0 Å². The Bertz CT molecular complexity index is 515. The van der Waals surface area contributed by atoms with Crippen LogP contribution in [0.2, 0.25) is 5.02 Å². The van der Waals surface area contributed by atoms with E-state index in [1.54, 1.807) is 18.2 Å². The Morgan fingerprint density at radius 3 is 2.62 bits per heavy atom. The lowest BCUT2D eigenvalue weighted by Gasteiger charge is -2.05. The van der Waals surface area contributed by atoms with E-state index in [0.717, 1.165) is 5.69 Å². The summed E-state index contributed by atoms with van der Waals surface area (Å²) in [5.74, 6) is 0.519. The van der Waals surface area contributed by atoms with Gasteiger partial charge in [-0.3, -0.25) is 0 Å². The Labute approximate surface area is 96.6 Å². The highest BCUT2D eigenvalue weighted by Crippen LogP contribution is 2.18. The fourth-order valence-electron chi connectivity index (χ4n) is 1.09. The van der Waals surface area contributed by atoms with Gasteiger partial charge in [-0.2, -0.15) is 4.98 Å². The van der Waals surface area contributed by atoms with Crippen LogP contribution in [0.1, 0.15) is 0 Å². The second-order valence-corrected chi connectivity index (χ2v) is 3.48. The van der Waals surface area contributed by atoms with Crippen LogP contribution in [0, 0.1) is 0 Å². The number of hydrogen-bond donors (Lipinski definition) is 3. The van der Waals surface area contributed by atoms with E-state index in [1.165, 1.54) is 0 Å². The first-order chi connectivity index (χ1) is 7.65. The van der Waals surface area contributed by atoms with Crippen molar-refractivity contribution in [2.24, 2.45) is 0 Å². The molecule has 6 nitrogen and oxygen atoms in total. The highest BCUT2D eigenvalue weighted by Gasteiger charge is 2.03. The van der Waals surface area contributed by atoms with E-state index in [1.807, 2.05) is 6.07 Å². The predicted octanol–water partition coefficient (Wildman–Crippen LogP) is 1.43. The Balaban J connectivity index is 2.24. The normalized spacial score (nSPS) is 10.1. The number of halogens is 1. The molecular weight excluding hydrogens is 228 g/mol. The summed E-state index contributed by atoms with van der Waals surface area (Å²) in [5, 5.41) is 10.9. The number of nitrogens with zero attached hydrogens (tertiary/aromatic N) is 3. The Morgan fingerprint density at radius 2 is 1.94 bits per heavy atom. The van der Waals surface area contributed by atoms with Gasteiger partial charge < -0.3 is 16.8 Å². The third kappa shape index (κ3) is 2.29. The first kappa shape index (κ1) is 10.4. The highest BCUT2D eigenvalue weighted by molar-refractivity contribution is 6.30. The number of hydrogen-bond acceptors (Lipinski definition) is 6. The molecule has 0 aliphatic heterocycles. The molecule has 0 atom stereocenters. The topological polar surface area (TPSA) is 103 Å². The van der Waals surface area contributed by atoms with Crippen molar-refractivity contribution in [2.75, 3.05) is 16.8 Å². The number of anilines is 4. The van der Waals surface area contributed by atoms with Crippen molar-refractivity contribution < 1.29 is 0 Å². The van der Waals surface area contributed by atoms with Crippen LogP contribution in [0.4, 0.5) is 23.3 Å². The van der Waals surface area contributed by atoms with Gasteiger partial charge in [-0.25, -0.2) is 0 Å². The van der Waals surface area contributed by atoms with Gasteiger partial charge in [0.2, 0.25) is 5.95 Å². The number of nitrogens with two attached hydrogens (primary N) is 2. The van der Waals surface area contributed by atoms with Crippen LogP contribution in [0.25, 0.3) is 0 Å². The lowest BCUT2D eigenvalue weighted by Crippen LogP contribution is -2.06. The molecule has 0 radical (unpaired) electrons. The van der Waals surface area contributed by atoms with Gasteiger partial charge in [-0.1, -0.05) is 17.7 Å². The summed E-state index contributed by atoms with van der Waals surface area (Å²) in [6.45, 7) is 0. The number of nitrogens with one attached hydrogen (secondary N) is 1. The summed E-state index contributed by atoms with van der Waals surface area (Å²) in [6, 6.07) is 7.13. The average molecular weight is 237 g/mol. The zero-order chi connectivity index (χ0) is 11.5. The molecule has 0 aliphatic carbocycles. The average Bonchev–Trinajstić information content (AvgIpc) is 2.24. The zero-order valence-electron chi connectivity index (χ0n) is 8.18. The maximum atomic E-state index is 5.83. The molecule has 1 heterocycles. The monoisotopic (exact) mass is 236 g/mol. The molecule has 0 amide bonds. The predicted molar refractivity (Wildman–Crippen MR) is 63.4 cm³/mol. The number of rotatable bonds is 2. The Kier molecular flexibility index (Phi) is 2.74. The van der Waals surface area contributed by atoms with Crippen molar-refractivity contribution in [3.63, 3.8) is 0 Å². The van der Waals surface area contributed by atoms with Crippen LogP contribution in [0.15, 0.2) is 24.3 Å². The van der Waals surface area contributed by atoms with Crippen LogP contribution in [0.3, 0.4) is 0 Å². The molecule has 5 N–H and O–H groups in total. The molecule has 0 saturated carbocycles. The lowest BCUT2D eigenvalue weighted by molar-refractivity contribution is 0.996. The Hall–Kier alpha value is -2.08. The van der Waals surface area contributed by atoms with Gasteiger partial charge in [0.25, 0.3) is 0 Å². The van der Waals surface area contributed by atoms with Gasteiger partial charge in [0, 0.05) is 10.7 Å². The van der Waals surface area contributed by atoms with Crippen molar-refractivity contribution in [2.45, 2.75) is 0 Å². The van der Waals surface area contributed by atoms with Crippen LogP contribution in [-0.2, 0) is 0 Å². The lowest BCUT2D eigenvalue weighted by atomic mass is 10.3. The number of benzene rings is 1. The van der Waals surface area contributed by atoms with Gasteiger partial charge in [0.05, 0.1) is 0 Å². The van der Waals surface area contributed by atoms with Crippen molar-refractivity contribution in [1.29, 1.82) is 0 Å². The van der Waals surface area contributed by atoms with E-state index in [2.05, 4.69) is 20.5 Å². The minimum absolute atomic E-state index is 0.108. The minimum Gasteiger partial charge on any atom is -0.380 e. The molecule has 0 saturated heterocycles. The zero-order valence-corrected chi connectivity index (χ0v) is 8.94. The molecule has 0 aliphatic rings. The van der Waals surface area contributed by atoms with Crippen molar-refractivity contribution in [1.82, 2.24) is 15.2 Å². The van der Waals surface area contributed by atoms with Crippen LogP contribution >= 0.6 is 11.6 Å². The number of nitrogen functional groups attached to an aromatic ring is 2.